The second-order valence-electron chi connectivity index (χ2n) is 12.0. The van der Waals surface area contributed by atoms with Crippen LogP contribution in [-0.4, -0.2) is 87.6 Å². The number of hydrogen-bond acceptors (Lipinski definition) is 11. The summed E-state index contributed by atoms with van der Waals surface area (Å²) in [5.41, 5.74) is 1.05. The lowest BCUT2D eigenvalue weighted by molar-refractivity contribution is -0.159. The van der Waals surface area contributed by atoms with Crippen molar-refractivity contribution in [3.05, 3.63) is 76.7 Å². The Bertz CT molecular complexity index is 1600. The SMILES string of the molecule is CC1=C\[C@@H](O)CC(=O)Cc2nc(co2)C(=O)N2CCC[C@@H]2C(=O)O[C@H]([C@@H](C)COC(=O)Nc2ccc(Br)nc2)[C@H](C)/C=C/C(=O)NC\C=C\1. The summed E-state index contributed by atoms with van der Waals surface area (Å²) in [5, 5.41) is 15.7. The third-order valence-corrected chi connectivity index (χ3v) is 8.37. The lowest BCUT2D eigenvalue weighted by Gasteiger charge is -2.30. The van der Waals surface area contributed by atoms with Crippen LogP contribution < -0.4 is 10.6 Å². The Morgan fingerprint density at radius 2 is 2.04 bits per heavy atom. The molecule has 1 fully saturated rings. The van der Waals surface area contributed by atoms with Gasteiger partial charge in [0.05, 0.1) is 31.0 Å². The van der Waals surface area contributed by atoms with Crippen LogP contribution in [0, 0.1) is 11.8 Å². The molecule has 1 saturated heterocycles. The first-order valence-corrected chi connectivity index (χ1v) is 16.7. The van der Waals surface area contributed by atoms with E-state index in [4.69, 9.17) is 13.9 Å². The number of oxazole rings is 1. The van der Waals surface area contributed by atoms with E-state index in [0.29, 0.717) is 28.7 Å². The monoisotopic (exact) mass is 741 g/mol. The number of hydrogen-bond donors (Lipinski definition) is 3. The van der Waals surface area contributed by atoms with Gasteiger partial charge in [0.15, 0.2) is 5.69 Å². The highest BCUT2D eigenvalue weighted by Crippen LogP contribution is 2.26. The number of ether oxygens (including phenoxy) is 2. The van der Waals surface area contributed by atoms with Gasteiger partial charge in [-0.15, -0.1) is 0 Å². The van der Waals surface area contributed by atoms with Crippen molar-refractivity contribution in [3.8, 4) is 0 Å². The Labute approximate surface area is 292 Å². The van der Waals surface area contributed by atoms with Gasteiger partial charge in [0, 0.05) is 31.3 Å². The minimum Gasteiger partial charge on any atom is -0.460 e. The largest absolute Gasteiger partial charge is 0.460 e. The van der Waals surface area contributed by atoms with E-state index in [-0.39, 0.29) is 49.9 Å². The van der Waals surface area contributed by atoms with Crippen LogP contribution in [0.4, 0.5) is 10.5 Å². The maximum absolute atomic E-state index is 13.6. The summed E-state index contributed by atoms with van der Waals surface area (Å²) >= 11 is 3.24. The first-order valence-electron chi connectivity index (χ1n) is 15.9. The molecule has 3 N–H and O–H groups in total. The summed E-state index contributed by atoms with van der Waals surface area (Å²) in [4.78, 5) is 74.3. The number of pyridine rings is 1. The van der Waals surface area contributed by atoms with E-state index in [1.807, 2.05) is 0 Å². The fourth-order valence-corrected chi connectivity index (χ4v) is 5.69. The molecule has 49 heavy (non-hydrogen) atoms. The Balaban J connectivity index is 1.54. The van der Waals surface area contributed by atoms with Crippen LogP contribution in [0.5, 0.6) is 0 Å². The average Bonchev–Trinajstić information content (AvgIpc) is 3.74. The van der Waals surface area contributed by atoms with Crippen molar-refractivity contribution in [2.24, 2.45) is 11.8 Å². The molecule has 0 radical (unpaired) electrons. The van der Waals surface area contributed by atoms with Crippen LogP contribution in [0.15, 0.2) is 69.6 Å². The third-order valence-electron chi connectivity index (χ3n) is 7.91. The van der Waals surface area contributed by atoms with Gasteiger partial charge in [0.2, 0.25) is 11.8 Å². The average molecular weight is 743 g/mol. The molecular formula is C34H40BrN5O9. The molecule has 0 unspecified atom stereocenters. The lowest BCUT2D eigenvalue weighted by atomic mass is 9.93. The number of allylic oxidation sites excluding steroid dienone is 2. The molecule has 262 valence electrons. The number of esters is 1. The fourth-order valence-electron chi connectivity index (χ4n) is 5.46. The molecule has 0 saturated carbocycles. The highest BCUT2D eigenvalue weighted by molar-refractivity contribution is 9.10. The van der Waals surface area contributed by atoms with Crippen molar-refractivity contribution in [1.29, 1.82) is 0 Å². The van der Waals surface area contributed by atoms with Crippen molar-refractivity contribution in [3.63, 3.8) is 0 Å². The number of Topliss-reactive ketones (excluding diaryl/α,β-unsaturated/α-hetero) is 1. The van der Waals surface area contributed by atoms with E-state index >= 15 is 0 Å². The molecule has 0 aliphatic carbocycles. The van der Waals surface area contributed by atoms with E-state index in [1.54, 1.807) is 51.1 Å². The Morgan fingerprint density at radius 3 is 2.80 bits per heavy atom. The lowest BCUT2D eigenvalue weighted by Crippen LogP contribution is -2.44. The number of carbonyl (C=O) groups excluding carboxylic acids is 5. The number of fused-ring (bicyclic) bond motifs is 3. The number of aliphatic hydroxyl groups excluding tert-OH is 1. The van der Waals surface area contributed by atoms with E-state index in [0.717, 1.165) is 6.26 Å². The van der Waals surface area contributed by atoms with Crippen molar-refractivity contribution < 1.29 is 43.0 Å². The summed E-state index contributed by atoms with van der Waals surface area (Å²) in [6.07, 6.45) is 8.31. The zero-order valence-corrected chi connectivity index (χ0v) is 29.1. The van der Waals surface area contributed by atoms with E-state index < -0.39 is 54.0 Å². The Kier molecular flexibility index (Phi) is 13.4. The molecule has 2 aliphatic rings. The van der Waals surface area contributed by atoms with Crippen LogP contribution in [0.1, 0.15) is 56.4 Å². The number of aliphatic hydroxyl groups is 1. The van der Waals surface area contributed by atoms with Crippen molar-refractivity contribution in [2.75, 3.05) is 25.0 Å². The molecular weight excluding hydrogens is 702 g/mol. The third kappa shape index (κ3) is 11.2. The van der Waals surface area contributed by atoms with E-state index in [9.17, 15) is 29.1 Å². The van der Waals surface area contributed by atoms with Crippen LogP contribution in [0.2, 0.25) is 0 Å². The maximum Gasteiger partial charge on any atom is 0.411 e. The summed E-state index contributed by atoms with van der Waals surface area (Å²) in [6, 6.07) is 2.39. The van der Waals surface area contributed by atoms with E-state index in [2.05, 4.69) is 36.5 Å². The minimum absolute atomic E-state index is 0.0172. The number of nitrogens with one attached hydrogen (secondary N) is 2. The highest BCUT2D eigenvalue weighted by Gasteiger charge is 2.39. The molecule has 4 heterocycles. The van der Waals surface area contributed by atoms with Gasteiger partial charge in [-0.05, 0) is 53.9 Å². The molecule has 2 aromatic rings. The number of nitrogens with zero attached hydrogens (tertiary/aromatic N) is 3. The smallest absolute Gasteiger partial charge is 0.411 e. The molecule has 3 amide bonds. The summed E-state index contributed by atoms with van der Waals surface area (Å²) in [5.74, 6) is -2.95. The minimum atomic E-state index is -1.05. The zero-order chi connectivity index (χ0) is 35.5. The number of carbonyl (C=O) groups is 5. The van der Waals surface area contributed by atoms with Crippen LogP contribution in [0.25, 0.3) is 0 Å². The second-order valence-corrected chi connectivity index (χ2v) is 12.8. The van der Waals surface area contributed by atoms with Gasteiger partial charge in [-0.1, -0.05) is 43.7 Å². The van der Waals surface area contributed by atoms with Crippen molar-refractivity contribution >= 4 is 51.3 Å². The number of halogens is 1. The Hall–Kier alpha value is -4.63. The first-order chi connectivity index (χ1) is 23.4. The van der Waals surface area contributed by atoms with Gasteiger partial charge >= 0.3 is 12.1 Å². The summed E-state index contributed by atoms with van der Waals surface area (Å²) < 4.78 is 17.4. The Morgan fingerprint density at radius 1 is 1.24 bits per heavy atom. The number of rotatable bonds is 4. The number of aromatic nitrogens is 2. The topological polar surface area (TPSA) is 190 Å². The van der Waals surface area contributed by atoms with Gasteiger partial charge in [0.1, 0.15) is 28.8 Å². The number of anilines is 1. The van der Waals surface area contributed by atoms with Crippen molar-refractivity contribution in [1.82, 2.24) is 20.2 Å². The number of ketones is 1. The first kappa shape index (κ1) is 37.2. The molecule has 5 atom stereocenters. The molecule has 4 rings (SSSR count). The van der Waals surface area contributed by atoms with Gasteiger partial charge in [0.25, 0.3) is 5.91 Å². The molecule has 2 aliphatic heterocycles. The van der Waals surface area contributed by atoms with Crippen LogP contribution in [0.3, 0.4) is 0 Å². The second kappa shape index (κ2) is 17.7. The quantitative estimate of drug-likeness (QED) is 0.304. The van der Waals surface area contributed by atoms with Gasteiger partial charge < -0.3 is 29.2 Å². The number of cyclic esters (lactones) is 1. The molecule has 2 aromatic heterocycles. The van der Waals surface area contributed by atoms with Gasteiger partial charge in [-0.2, -0.15) is 0 Å². The molecule has 0 aromatic carbocycles. The molecule has 2 bridgehead atoms. The predicted octanol–water partition coefficient (Wildman–Crippen LogP) is 3.92. The van der Waals surface area contributed by atoms with Crippen LogP contribution >= 0.6 is 15.9 Å². The summed E-state index contributed by atoms with van der Waals surface area (Å²) in [6.45, 7) is 5.61. The standard InChI is InChI=1S/C34H40BrN5O9/c1-20-6-4-12-36-29(43)11-8-21(2)31(22(3)18-48-34(46)38-23-9-10-28(35)37-17-23)49-33(45)27-7-5-13-40(27)32(44)26-19-47-30(39-26)16-25(42)15-24(41)14-20/h4,6,8-11,14,17,19,21-22,24,27,31,41H,5,7,12-13,15-16,18H2,1-3H3,(H,36,43)(H,38,46)/b6-4+,11-8+,20-14+/t21-,22+,24-,27-,31+/m1/s1. The van der Waals surface area contributed by atoms with Crippen molar-refractivity contribution in [2.45, 2.75) is 64.7 Å². The van der Waals surface area contributed by atoms with E-state index in [1.165, 1.54) is 23.2 Å². The molecule has 14 nitrogen and oxygen atoms in total. The number of amides is 3. The summed E-state index contributed by atoms with van der Waals surface area (Å²) in [7, 11) is 0. The predicted molar refractivity (Wildman–Crippen MR) is 180 cm³/mol. The highest BCUT2D eigenvalue weighted by atomic mass is 79.9. The maximum atomic E-state index is 13.6. The van der Waals surface area contributed by atoms with Gasteiger partial charge in [-0.25, -0.2) is 19.6 Å². The molecule has 0 spiro atoms. The van der Waals surface area contributed by atoms with Crippen LogP contribution in [-0.2, 0) is 30.3 Å². The zero-order valence-electron chi connectivity index (χ0n) is 27.5. The molecule has 15 heteroatoms. The van der Waals surface area contributed by atoms with Gasteiger partial charge in [-0.3, -0.25) is 19.7 Å². The fraction of sp³-hybridized carbons (Fsp3) is 0.441. The normalized spacial score (nSPS) is 26.0.